The van der Waals surface area contributed by atoms with Crippen LogP contribution in [0.1, 0.15) is 11.1 Å². The van der Waals surface area contributed by atoms with Crippen molar-refractivity contribution in [1.82, 2.24) is 0 Å². The lowest BCUT2D eigenvalue weighted by atomic mass is 10.0. The number of nitriles is 1. The predicted octanol–water partition coefficient (Wildman–Crippen LogP) is 4.24. The van der Waals surface area contributed by atoms with E-state index in [2.05, 4.69) is 5.32 Å². The molecule has 6 nitrogen and oxygen atoms in total. The van der Waals surface area contributed by atoms with Gasteiger partial charge in [0.15, 0.2) is 6.61 Å². The Kier molecular flexibility index (Phi) is 4.79. The van der Waals surface area contributed by atoms with E-state index in [1.54, 1.807) is 17.7 Å². The van der Waals surface area contributed by atoms with Crippen molar-refractivity contribution in [1.29, 1.82) is 5.26 Å². The Morgan fingerprint density at radius 1 is 1.18 bits per heavy atom. The molecule has 0 unspecified atom stereocenters. The zero-order chi connectivity index (χ0) is 19.5. The predicted molar refractivity (Wildman–Crippen MR) is 106 cm³/mol. The topological polar surface area (TPSA) is 92.3 Å². The fraction of sp³-hybridized carbons (Fsp3) is 0.0952. The van der Waals surface area contributed by atoms with Crippen LogP contribution < -0.4 is 5.32 Å². The van der Waals surface area contributed by atoms with E-state index in [-0.39, 0.29) is 6.42 Å². The maximum atomic E-state index is 12.2. The van der Waals surface area contributed by atoms with E-state index < -0.39 is 18.5 Å². The summed E-state index contributed by atoms with van der Waals surface area (Å²) >= 11 is 1.24. The van der Waals surface area contributed by atoms with E-state index in [9.17, 15) is 9.59 Å². The number of thiophene rings is 1. The number of carbonyl (C=O) groups is 2. The summed E-state index contributed by atoms with van der Waals surface area (Å²) in [5.41, 5.74) is 1.78. The minimum atomic E-state index is -0.530. The molecule has 2 aromatic heterocycles. The molecule has 28 heavy (non-hydrogen) atoms. The van der Waals surface area contributed by atoms with Gasteiger partial charge in [-0.2, -0.15) is 5.26 Å². The molecule has 0 atom stereocenters. The molecule has 1 amide bonds. The second-order valence-electron chi connectivity index (χ2n) is 6.08. The molecule has 0 fully saturated rings. The fourth-order valence-corrected chi connectivity index (χ4v) is 3.77. The maximum Gasteiger partial charge on any atom is 0.310 e. The van der Waals surface area contributed by atoms with Gasteiger partial charge >= 0.3 is 5.97 Å². The average molecular weight is 390 g/mol. The molecule has 0 aliphatic rings. The molecule has 0 saturated carbocycles. The standard InChI is InChI=1S/C21H14N2O4S/c22-10-14-7-8-28-21(14)23-18(24)12-27-19(25)9-15-11-26-17-6-5-13-3-1-2-4-16(13)20(15)17/h1-8,11H,9,12H2,(H,23,24). The van der Waals surface area contributed by atoms with Crippen LogP contribution in [0.25, 0.3) is 21.7 Å². The van der Waals surface area contributed by atoms with Gasteiger partial charge in [-0.05, 0) is 28.3 Å². The molecule has 0 aliphatic heterocycles. The molecule has 2 aromatic carbocycles. The zero-order valence-corrected chi connectivity index (χ0v) is 15.4. The number of furan rings is 1. The van der Waals surface area contributed by atoms with E-state index in [0.29, 0.717) is 21.7 Å². The molecular weight excluding hydrogens is 376 g/mol. The Balaban J connectivity index is 1.44. The molecule has 138 valence electrons. The van der Waals surface area contributed by atoms with Crippen molar-refractivity contribution in [3.05, 3.63) is 65.2 Å². The van der Waals surface area contributed by atoms with Gasteiger partial charge < -0.3 is 14.5 Å². The van der Waals surface area contributed by atoms with Gasteiger partial charge in [0.05, 0.1) is 18.2 Å². The van der Waals surface area contributed by atoms with Crippen molar-refractivity contribution < 1.29 is 18.7 Å². The van der Waals surface area contributed by atoms with Crippen LogP contribution in [0.15, 0.2) is 58.5 Å². The van der Waals surface area contributed by atoms with E-state index in [1.165, 1.54) is 11.3 Å². The van der Waals surface area contributed by atoms with Crippen LogP contribution in [0.5, 0.6) is 0 Å². The van der Waals surface area contributed by atoms with E-state index in [0.717, 1.165) is 16.2 Å². The molecule has 2 heterocycles. The summed E-state index contributed by atoms with van der Waals surface area (Å²) in [5.74, 6) is -1.02. The highest BCUT2D eigenvalue weighted by atomic mass is 32.1. The fourth-order valence-electron chi connectivity index (χ4n) is 3.01. The third kappa shape index (κ3) is 3.46. The molecule has 0 saturated heterocycles. The van der Waals surface area contributed by atoms with Crippen LogP contribution in [0.4, 0.5) is 5.00 Å². The third-order valence-electron chi connectivity index (χ3n) is 4.28. The monoisotopic (exact) mass is 390 g/mol. The van der Waals surface area contributed by atoms with Crippen LogP contribution in [0.2, 0.25) is 0 Å². The van der Waals surface area contributed by atoms with Gasteiger partial charge in [0, 0.05) is 10.9 Å². The van der Waals surface area contributed by atoms with Gasteiger partial charge in [-0.25, -0.2) is 0 Å². The Labute approximate surface area is 163 Å². The molecule has 0 aliphatic carbocycles. The number of amides is 1. The minimum Gasteiger partial charge on any atom is -0.464 e. The highest BCUT2D eigenvalue weighted by molar-refractivity contribution is 7.14. The average Bonchev–Trinajstić information content (AvgIpc) is 3.33. The first-order chi connectivity index (χ1) is 13.7. The lowest BCUT2D eigenvalue weighted by Crippen LogP contribution is -2.21. The quantitative estimate of drug-likeness (QED) is 0.515. The second-order valence-corrected chi connectivity index (χ2v) is 7.00. The number of nitrogens with one attached hydrogen (secondary N) is 1. The van der Waals surface area contributed by atoms with Crippen LogP contribution in [-0.2, 0) is 20.7 Å². The van der Waals surface area contributed by atoms with Gasteiger partial charge in [0.25, 0.3) is 5.91 Å². The summed E-state index contributed by atoms with van der Waals surface area (Å²) in [6.45, 7) is -0.419. The number of esters is 1. The third-order valence-corrected chi connectivity index (χ3v) is 5.11. The van der Waals surface area contributed by atoms with Gasteiger partial charge in [0.2, 0.25) is 0 Å². The van der Waals surface area contributed by atoms with Crippen molar-refractivity contribution in [3.8, 4) is 6.07 Å². The van der Waals surface area contributed by atoms with Crippen molar-refractivity contribution in [2.24, 2.45) is 0 Å². The number of benzene rings is 2. The molecule has 4 aromatic rings. The summed E-state index contributed by atoms with van der Waals surface area (Å²) in [5, 5.41) is 16.6. The van der Waals surface area contributed by atoms with Crippen LogP contribution in [0, 0.1) is 11.3 Å². The van der Waals surface area contributed by atoms with Crippen molar-refractivity contribution >= 4 is 50.0 Å². The molecule has 4 rings (SSSR count). The molecule has 1 N–H and O–H groups in total. The van der Waals surface area contributed by atoms with Gasteiger partial charge in [-0.1, -0.05) is 30.3 Å². The minimum absolute atomic E-state index is 0.00324. The first-order valence-electron chi connectivity index (χ1n) is 8.46. The summed E-state index contributed by atoms with van der Waals surface area (Å²) < 4.78 is 10.7. The van der Waals surface area contributed by atoms with E-state index in [4.69, 9.17) is 14.4 Å². The number of hydrogen-bond acceptors (Lipinski definition) is 6. The van der Waals surface area contributed by atoms with E-state index >= 15 is 0 Å². The summed E-state index contributed by atoms with van der Waals surface area (Å²) in [4.78, 5) is 24.2. The first-order valence-corrected chi connectivity index (χ1v) is 9.34. The lowest BCUT2D eigenvalue weighted by molar-refractivity contribution is -0.146. The van der Waals surface area contributed by atoms with Crippen LogP contribution in [0.3, 0.4) is 0 Å². The Morgan fingerprint density at radius 2 is 2.04 bits per heavy atom. The number of carbonyl (C=O) groups excluding carboxylic acids is 2. The Hall–Kier alpha value is -3.63. The van der Waals surface area contributed by atoms with Crippen molar-refractivity contribution in [2.45, 2.75) is 6.42 Å². The Bertz CT molecular complexity index is 1230. The smallest absolute Gasteiger partial charge is 0.310 e. The Morgan fingerprint density at radius 3 is 2.89 bits per heavy atom. The van der Waals surface area contributed by atoms with Gasteiger partial charge in [-0.3, -0.25) is 9.59 Å². The van der Waals surface area contributed by atoms with Crippen molar-refractivity contribution in [2.75, 3.05) is 11.9 Å². The van der Waals surface area contributed by atoms with E-state index in [1.807, 2.05) is 42.5 Å². The molecule has 0 bridgehead atoms. The maximum absolute atomic E-state index is 12.2. The molecule has 0 radical (unpaired) electrons. The number of rotatable bonds is 5. The molecular formula is C21H14N2O4S. The second kappa shape index (κ2) is 7.55. The first kappa shape index (κ1) is 17.8. The van der Waals surface area contributed by atoms with Crippen LogP contribution in [-0.4, -0.2) is 18.5 Å². The number of anilines is 1. The van der Waals surface area contributed by atoms with Crippen molar-refractivity contribution in [3.63, 3.8) is 0 Å². The number of ether oxygens (including phenoxy) is 1. The molecule has 0 spiro atoms. The lowest BCUT2D eigenvalue weighted by Gasteiger charge is -2.06. The summed E-state index contributed by atoms with van der Waals surface area (Å²) in [6.07, 6.45) is 1.54. The van der Waals surface area contributed by atoms with Gasteiger partial charge in [0.1, 0.15) is 16.7 Å². The highest BCUT2D eigenvalue weighted by Crippen LogP contribution is 2.30. The summed E-state index contributed by atoms with van der Waals surface area (Å²) in [6, 6.07) is 15.3. The highest BCUT2D eigenvalue weighted by Gasteiger charge is 2.16. The number of fused-ring (bicyclic) bond motifs is 3. The number of hydrogen-bond donors (Lipinski definition) is 1. The zero-order valence-electron chi connectivity index (χ0n) is 14.6. The largest absolute Gasteiger partial charge is 0.464 e. The molecule has 7 heteroatoms. The summed E-state index contributed by atoms with van der Waals surface area (Å²) in [7, 11) is 0. The van der Waals surface area contributed by atoms with Crippen LogP contribution >= 0.6 is 11.3 Å². The number of nitrogens with zero attached hydrogens (tertiary/aromatic N) is 1. The normalized spacial score (nSPS) is 10.7. The SMILES string of the molecule is N#Cc1ccsc1NC(=O)COC(=O)Cc1coc2ccc3ccccc3c12. The van der Waals surface area contributed by atoms with Gasteiger partial charge in [-0.15, -0.1) is 11.3 Å².